The number of nitrogens with zero attached hydrogens (tertiary/aromatic N) is 1. The quantitative estimate of drug-likeness (QED) is 0.723. The summed E-state index contributed by atoms with van der Waals surface area (Å²) in [5.74, 6) is 0.348. The Kier molecular flexibility index (Phi) is 2.51. The summed E-state index contributed by atoms with van der Waals surface area (Å²) in [6.07, 6.45) is 0.895. The first kappa shape index (κ1) is 10.2. The molecule has 1 unspecified atom stereocenters. The molecule has 0 aromatic heterocycles. The van der Waals surface area contributed by atoms with Crippen molar-refractivity contribution >= 4 is 11.6 Å². The maximum Gasteiger partial charge on any atom is 0.234 e. The van der Waals surface area contributed by atoms with E-state index in [1.54, 1.807) is 0 Å². The second-order valence-electron chi connectivity index (χ2n) is 4.11. The van der Waals surface area contributed by atoms with E-state index >= 15 is 0 Å². The molecular formula is C13H17NO. The highest BCUT2D eigenvalue weighted by atomic mass is 16.2. The topological polar surface area (TPSA) is 20.3 Å². The van der Waals surface area contributed by atoms with E-state index in [1.165, 1.54) is 11.1 Å². The van der Waals surface area contributed by atoms with Gasteiger partial charge in [0.1, 0.15) is 0 Å². The maximum absolute atomic E-state index is 12.1. The van der Waals surface area contributed by atoms with Crippen LogP contribution in [0, 0.1) is 6.92 Å². The van der Waals surface area contributed by atoms with Gasteiger partial charge in [0.2, 0.25) is 5.91 Å². The van der Waals surface area contributed by atoms with Gasteiger partial charge in [-0.2, -0.15) is 0 Å². The molecule has 0 saturated carbocycles. The number of anilines is 1. The SMILES string of the molecule is CCC1C(=O)N(CC)c2ccc(C)cc21. The van der Waals surface area contributed by atoms with Crippen LogP contribution < -0.4 is 4.90 Å². The maximum atomic E-state index is 12.1. The number of benzene rings is 1. The lowest BCUT2D eigenvalue weighted by atomic mass is 9.97. The Bertz CT molecular complexity index is 398. The van der Waals surface area contributed by atoms with Crippen LogP contribution in [-0.4, -0.2) is 12.5 Å². The molecule has 0 fully saturated rings. The first-order valence-corrected chi connectivity index (χ1v) is 5.61. The summed E-state index contributed by atoms with van der Waals surface area (Å²) < 4.78 is 0. The number of aryl methyl sites for hydroxylation is 1. The Morgan fingerprint density at radius 3 is 2.67 bits per heavy atom. The normalized spacial score (nSPS) is 19.5. The monoisotopic (exact) mass is 203 g/mol. The average molecular weight is 203 g/mol. The smallest absolute Gasteiger partial charge is 0.234 e. The van der Waals surface area contributed by atoms with Gasteiger partial charge in [-0.15, -0.1) is 0 Å². The summed E-state index contributed by atoms with van der Waals surface area (Å²) >= 11 is 0. The Hall–Kier alpha value is -1.31. The van der Waals surface area contributed by atoms with Crippen LogP contribution >= 0.6 is 0 Å². The number of fused-ring (bicyclic) bond motifs is 1. The molecule has 0 radical (unpaired) electrons. The van der Waals surface area contributed by atoms with E-state index in [2.05, 4.69) is 32.0 Å². The zero-order valence-electron chi connectivity index (χ0n) is 9.58. The van der Waals surface area contributed by atoms with Gasteiger partial charge in [-0.05, 0) is 31.9 Å². The second kappa shape index (κ2) is 3.69. The lowest BCUT2D eigenvalue weighted by Gasteiger charge is -2.14. The molecule has 1 heterocycles. The summed E-state index contributed by atoms with van der Waals surface area (Å²) in [5.41, 5.74) is 3.56. The van der Waals surface area contributed by atoms with Crippen molar-refractivity contribution in [1.82, 2.24) is 0 Å². The van der Waals surface area contributed by atoms with Crippen molar-refractivity contribution in [2.24, 2.45) is 0 Å². The molecule has 1 atom stereocenters. The van der Waals surface area contributed by atoms with Crippen LogP contribution in [0.5, 0.6) is 0 Å². The van der Waals surface area contributed by atoms with Gasteiger partial charge in [-0.25, -0.2) is 0 Å². The van der Waals surface area contributed by atoms with Gasteiger partial charge in [-0.1, -0.05) is 24.6 Å². The van der Waals surface area contributed by atoms with E-state index in [-0.39, 0.29) is 11.8 Å². The zero-order chi connectivity index (χ0) is 11.0. The second-order valence-corrected chi connectivity index (χ2v) is 4.11. The van der Waals surface area contributed by atoms with Gasteiger partial charge in [0.25, 0.3) is 0 Å². The van der Waals surface area contributed by atoms with Crippen molar-refractivity contribution in [2.45, 2.75) is 33.1 Å². The summed E-state index contributed by atoms with van der Waals surface area (Å²) in [6, 6.07) is 6.30. The summed E-state index contributed by atoms with van der Waals surface area (Å²) in [6.45, 7) is 6.95. The van der Waals surface area contributed by atoms with Gasteiger partial charge in [0.05, 0.1) is 5.92 Å². The van der Waals surface area contributed by atoms with Crippen LogP contribution in [0.15, 0.2) is 18.2 Å². The van der Waals surface area contributed by atoms with Crippen molar-refractivity contribution in [3.63, 3.8) is 0 Å². The zero-order valence-corrected chi connectivity index (χ0v) is 9.58. The number of carbonyl (C=O) groups is 1. The number of carbonyl (C=O) groups excluding carboxylic acids is 1. The fourth-order valence-corrected chi connectivity index (χ4v) is 2.36. The number of rotatable bonds is 2. The van der Waals surface area contributed by atoms with Crippen molar-refractivity contribution in [3.05, 3.63) is 29.3 Å². The molecule has 1 aliphatic rings. The Morgan fingerprint density at radius 1 is 1.33 bits per heavy atom. The molecule has 2 heteroatoms. The van der Waals surface area contributed by atoms with Gasteiger partial charge < -0.3 is 4.90 Å². The number of amides is 1. The highest BCUT2D eigenvalue weighted by molar-refractivity contribution is 6.04. The van der Waals surface area contributed by atoms with Gasteiger partial charge >= 0.3 is 0 Å². The minimum atomic E-state index is 0.0832. The van der Waals surface area contributed by atoms with E-state index in [1.807, 2.05) is 11.8 Å². The summed E-state index contributed by atoms with van der Waals surface area (Å²) in [4.78, 5) is 14.0. The molecule has 0 saturated heterocycles. The molecule has 0 aliphatic carbocycles. The largest absolute Gasteiger partial charge is 0.312 e. The third kappa shape index (κ3) is 1.44. The lowest BCUT2D eigenvalue weighted by Crippen LogP contribution is -2.28. The Morgan fingerprint density at radius 2 is 2.07 bits per heavy atom. The first-order valence-electron chi connectivity index (χ1n) is 5.61. The van der Waals surface area contributed by atoms with Crippen molar-refractivity contribution in [1.29, 1.82) is 0 Å². The molecule has 0 spiro atoms. The third-order valence-electron chi connectivity index (χ3n) is 3.14. The molecule has 80 valence electrons. The molecular weight excluding hydrogens is 186 g/mol. The van der Waals surface area contributed by atoms with Crippen LogP contribution in [0.4, 0.5) is 5.69 Å². The standard InChI is InChI=1S/C13H17NO/c1-4-10-11-8-9(3)6-7-12(11)14(5-2)13(10)15/h6-8,10H,4-5H2,1-3H3. The molecule has 1 aromatic carbocycles. The Labute approximate surface area is 90.9 Å². The van der Waals surface area contributed by atoms with Gasteiger partial charge in [0.15, 0.2) is 0 Å². The predicted molar refractivity (Wildman–Crippen MR) is 62.2 cm³/mol. The van der Waals surface area contributed by atoms with Crippen LogP contribution in [-0.2, 0) is 4.79 Å². The highest BCUT2D eigenvalue weighted by Crippen LogP contribution is 2.39. The molecule has 0 bridgehead atoms. The number of likely N-dealkylation sites (N-methyl/N-ethyl adjacent to an activating group) is 1. The molecule has 2 nitrogen and oxygen atoms in total. The van der Waals surface area contributed by atoms with E-state index in [9.17, 15) is 4.79 Å². The lowest BCUT2D eigenvalue weighted by molar-refractivity contribution is -0.119. The minimum Gasteiger partial charge on any atom is -0.312 e. The number of hydrogen-bond acceptors (Lipinski definition) is 1. The minimum absolute atomic E-state index is 0.0832. The molecule has 0 N–H and O–H groups in total. The van der Waals surface area contributed by atoms with Gasteiger partial charge in [0, 0.05) is 12.2 Å². The van der Waals surface area contributed by atoms with E-state index < -0.39 is 0 Å². The molecule has 15 heavy (non-hydrogen) atoms. The van der Waals surface area contributed by atoms with Crippen LogP contribution in [0.2, 0.25) is 0 Å². The van der Waals surface area contributed by atoms with Crippen LogP contribution in [0.1, 0.15) is 37.3 Å². The van der Waals surface area contributed by atoms with Crippen molar-refractivity contribution in [3.8, 4) is 0 Å². The van der Waals surface area contributed by atoms with Crippen LogP contribution in [0.3, 0.4) is 0 Å². The van der Waals surface area contributed by atoms with Crippen molar-refractivity contribution in [2.75, 3.05) is 11.4 Å². The van der Waals surface area contributed by atoms with Crippen LogP contribution in [0.25, 0.3) is 0 Å². The summed E-state index contributed by atoms with van der Waals surface area (Å²) in [5, 5.41) is 0. The van der Waals surface area contributed by atoms with Crippen molar-refractivity contribution < 1.29 is 4.79 Å². The van der Waals surface area contributed by atoms with E-state index in [0.717, 1.165) is 18.7 Å². The molecule has 1 aromatic rings. The Balaban J connectivity index is 2.53. The molecule has 1 amide bonds. The molecule has 2 rings (SSSR count). The van der Waals surface area contributed by atoms with E-state index in [0.29, 0.717) is 0 Å². The summed E-state index contributed by atoms with van der Waals surface area (Å²) in [7, 11) is 0. The average Bonchev–Trinajstić information content (AvgIpc) is 2.48. The highest BCUT2D eigenvalue weighted by Gasteiger charge is 2.34. The van der Waals surface area contributed by atoms with Gasteiger partial charge in [-0.3, -0.25) is 4.79 Å². The predicted octanol–water partition coefficient (Wildman–Crippen LogP) is 2.86. The fourth-order valence-electron chi connectivity index (χ4n) is 2.36. The first-order chi connectivity index (χ1) is 7.19. The molecule has 1 aliphatic heterocycles. The third-order valence-corrected chi connectivity index (χ3v) is 3.14. The number of hydrogen-bond donors (Lipinski definition) is 0. The van der Waals surface area contributed by atoms with E-state index in [4.69, 9.17) is 0 Å². The fraction of sp³-hybridized carbons (Fsp3) is 0.462.